The average Bonchev–Trinajstić information content (AvgIpc) is 2.87. The number of amidine groups is 1. The van der Waals surface area contributed by atoms with Gasteiger partial charge in [-0.3, -0.25) is 10.4 Å². The van der Waals surface area contributed by atoms with Crippen LogP contribution in [0.2, 0.25) is 0 Å². The molecule has 7 nitrogen and oxygen atoms in total. The van der Waals surface area contributed by atoms with Crippen molar-refractivity contribution < 1.29 is 14.2 Å². The molecule has 0 bridgehead atoms. The number of nitrogens with two attached hydrogens (primary N) is 1. The highest BCUT2D eigenvalue weighted by Crippen LogP contribution is 2.45. The van der Waals surface area contributed by atoms with Crippen LogP contribution in [0.4, 0.5) is 0 Å². The first-order chi connectivity index (χ1) is 16.6. The van der Waals surface area contributed by atoms with Crippen LogP contribution in [0, 0.1) is 17.3 Å². The van der Waals surface area contributed by atoms with E-state index in [0.717, 1.165) is 39.8 Å². The number of hydrogen-bond donors (Lipinski definition) is 2. The molecule has 1 atom stereocenters. The molecule has 0 unspecified atom stereocenters. The Kier molecular flexibility index (Phi) is 5.98. The summed E-state index contributed by atoms with van der Waals surface area (Å²) in [6.45, 7) is 3.30. The van der Waals surface area contributed by atoms with Crippen molar-refractivity contribution in [2.24, 2.45) is 5.73 Å². The zero-order valence-corrected chi connectivity index (χ0v) is 18.8. The second-order valence-corrected chi connectivity index (χ2v) is 8.09. The summed E-state index contributed by atoms with van der Waals surface area (Å²) in [7, 11) is 0. The van der Waals surface area contributed by atoms with Crippen LogP contribution in [0.1, 0.15) is 41.5 Å². The van der Waals surface area contributed by atoms with E-state index in [0.29, 0.717) is 24.8 Å². The average molecular weight is 453 g/mol. The molecule has 2 aliphatic heterocycles. The Bertz CT molecular complexity index is 1350. The van der Waals surface area contributed by atoms with Crippen molar-refractivity contribution in [1.82, 2.24) is 9.97 Å². The molecule has 7 heteroatoms. The number of benzene rings is 1. The summed E-state index contributed by atoms with van der Waals surface area (Å²) in [6.07, 6.45) is 8.33. The van der Waals surface area contributed by atoms with Crippen molar-refractivity contribution >= 4 is 11.6 Å². The fourth-order valence-electron chi connectivity index (χ4n) is 4.30. The summed E-state index contributed by atoms with van der Waals surface area (Å²) >= 11 is 0. The highest BCUT2D eigenvalue weighted by atomic mass is 16.5. The second-order valence-electron chi connectivity index (χ2n) is 8.09. The summed E-state index contributed by atoms with van der Waals surface area (Å²) in [5, 5.41) is 7.59. The summed E-state index contributed by atoms with van der Waals surface area (Å²) < 4.78 is 17.1. The lowest BCUT2D eigenvalue weighted by molar-refractivity contribution is 0.161. The Labute approximate surface area is 198 Å². The third-order valence-electron chi connectivity index (χ3n) is 5.93. The van der Waals surface area contributed by atoms with E-state index in [1.54, 1.807) is 13.1 Å². The first-order valence-corrected chi connectivity index (χ1v) is 11.1. The molecular weight excluding hydrogens is 428 g/mol. The zero-order chi connectivity index (χ0) is 23.5. The standard InChI is InChI=1S/C27H24N4O3/c1-2-3-17-10-20(14-30-13-17)19-4-5-25-22(11-19)24(16-33-27(28)29)23-12-21(15-31-26(23)34-25)18-6-8-32-9-7-18/h4-6,10-15,24H,7-9,16H2,1H3,(H3,28,29)/t24-/m1/s1. The molecule has 34 heavy (non-hydrogen) atoms. The van der Waals surface area contributed by atoms with Crippen LogP contribution in [-0.4, -0.2) is 35.8 Å². The molecule has 170 valence electrons. The van der Waals surface area contributed by atoms with E-state index in [4.69, 9.17) is 25.4 Å². The molecule has 0 saturated heterocycles. The van der Waals surface area contributed by atoms with Crippen LogP contribution < -0.4 is 10.5 Å². The van der Waals surface area contributed by atoms with Gasteiger partial charge in [0, 0.05) is 40.8 Å². The maximum Gasteiger partial charge on any atom is 0.279 e. The lowest BCUT2D eigenvalue weighted by Crippen LogP contribution is -2.22. The number of hydrogen-bond acceptors (Lipinski definition) is 6. The molecule has 1 aromatic carbocycles. The Morgan fingerprint density at radius 2 is 2.03 bits per heavy atom. The van der Waals surface area contributed by atoms with Gasteiger partial charge in [0.2, 0.25) is 5.88 Å². The van der Waals surface area contributed by atoms with Crippen LogP contribution in [-0.2, 0) is 9.47 Å². The van der Waals surface area contributed by atoms with Crippen LogP contribution in [0.5, 0.6) is 11.6 Å². The maximum atomic E-state index is 7.59. The third kappa shape index (κ3) is 4.36. The number of pyridine rings is 2. The number of ether oxygens (including phenoxy) is 3. The third-order valence-corrected chi connectivity index (χ3v) is 5.93. The Balaban J connectivity index is 1.58. The summed E-state index contributed by atoms with van der Waals surface area (Å²) in [6, 6.07) is 9.80. The minimum atomic E-state index is -0.322. The Morgan fingerprint density at radius 3 is 2.82 bits per heavy atom. The minimum absolute atomic E-state index is 0.203. The highest BCUT2D eigenvalue weighted by molar-refractivity contribution is 5.71. The van der Waals surface area contributed by atoms with Gasteiger partial charge in [-0.2, -0.15) is 0 Å². The minimum Gasteiger partial charge on any atom is -0.465 e. The van der Waals surface area contributed by atoms with E-state index >= 15 is 0 Å². The van der Waals surface area contributed by atoms with Crippen LogP contribution in [0.3, 0.4) is 0 Å². The number of rotatable bonds is 4. The molecule has 0 radical (unpaired) electrons. The molecule has 0 fully saturated rings. The number of aromatic nitrogens is 2. The van der Waals surface area contributed by atoms with E-state index in [9.17, 15) is 0 Å². The van der Waals surface area contributed by atoms with E-state index in [1.807, 2.05) is 30.6 Å². The molecule has 2 aromatic heterocycles. The predicted molar refractivity (Wildman–Crippen MR) is 130 cm³/mol. The van der Waals surface area contributed by atoms with E-state index < -0.39 is 0 Å². The van der Waals surface area contributed by atoms with Gasteiger partial charge in [0.15, 0.2) is 0 Å². The van der Waals surface area contributed by atoms with Crippen molar-refractivity contribution in [2.45, 2.75) is 19.3 Å². The lowest BCUT2D eigenvalue weighted by atomic mass is 9.86. The Hall–Kier alpha value is -4.15. The summed E-state index contributed by atoms with van der Waals surface area (Å²) in [4.78, 5) is 8.95. The topological polar surface area (TPSA) is 103 Å². The normalized spacial score (nSPS) is 16.1. The van der Waals surface area contributed by atoms with Gasteiger partial charge in [-0.15, -0.1) is 5.92 Å². The molecule has 0 amide bonds. The molecular formula is C27H24N4O3. The quantitative estimate of drug-likeness (QED) is 0.344. The van der Waals surface area contributed by atoms with Crippen LogP contribution in [0.25, 0.3) is 16.7 Å². The van der Waals surface area contributed by atoms with Crippen molar-refractivity contribution in [2.75, 3.05) is 19.8 Å². The maximum absolute atomic E-state index is 7.59. The fourth-order valence-corrected chi connectivity index (χ4v) is 4.30. The van der Waals surface area contributed by atoms with Gasteiger partial charge in [-0.05, 0) is 54.3 Å². The van der Waals surface area contributed by atoms with Gasteiger partial charge in [0.05, 0.1) is 19.1 Å². The van der Waals surface area contributed by atoms with Crippen LogP contribution >= 0.6 is 0 Å². The van der Waals surface area contributed by atoms with Crippen molar-refractivity contribution in [1.29, 1.82) is 5.41 Å². The van der Waals surface area contributed by atoms with Gasteiger partial charge >= 0.3 is 0 Å². The summed E-state index contributed by atoms with van der Waals surface area (Å²) in [5.41, 5.74) is 12.4. The monoisotopic (exact) mass is 452 g/mol. The van der Waals surface area contributed by atoms with E-state index in [1.165, 1.54) is 5.57 Å². The van der Waals surface area contributed by atoms with Crippen molar-refractivity contribution in [3.05, 3.63) is 77.3 Å². The van der Waals surface area contributed by atoms with E-state index in [-0.39, 0.29) is 18.5 Å². The molecule has 0 spiro atoms. The molecule has 0 saturated carbocycles. The van der Waals surface area contributed by atoms with E-state index in [2.05, 4.69) is 40.0 Å². The lowest BCUT2D eigenvalue weighted by Gasteiger charge is -2.28. The van der Waals surface area contributed by atoms with Crippen LogP contribution in [0.15, 0.2) is 55.0 Å². The SMILES string of the molecule is CC#Cc1cncc(-c2ccc3c(c2)[C@@H](COC(=N)N)c2cc(C4=CCOCC4)cnc2O3)c1. The van der Waals surface area contributed by atoms with Gasteiger partial charge in [0.1, 0.15) is 12.4 Å². The predicted octanol–water partition coefficient (Wildman–Crippen LogP) is 4.47. The fraction of sp³-hybridized carbons (Fsp3) is 0.222. The van der Waals surface area contributed by atoms with Gasteiger partial charge < -0.3 is 19.9 Å². The molecule has 3 aromatic rings. The largest absolute Gasteiger partial charge is 0.465 e. The second kappa shape index (κ2) is 9.38. The molecule has 3 N–H and O–H groups in total. The molecule has 5 rings (SSSR count). The van der Waals surface area contributed by atoms with Gasteiger partial charge in [-0.25, -0.2) is 4.98 Å². The Morgan fingerprint density at radius 1 is 1.15 bits per heavy atom. The van der Waals surface area contributed by atoms with Gasteiger partial charge in [-0.1, -0.05) is 18.1 Å². The van der Waals surface area contributed by atoms with Gasteiger partial charge in [0.25, 0.3) is 6.02 Å². The molecule has 0 aliphatic carbocycles. The number of fused-ring (bicyclic) bond motifs is 2. The first-order valence-electron chi connectivity index (χ1n) is 11.1. The number of nitrogens with one attached hydrogen (secondary N) is 1. The zero-order valence-electron chi connectivity index (χ0n) is 18.8. The highest BCUT2D eigenvalue weighted by Gasteiger charge is 2.30. The first kappa shape index (κ1) is 21.7. The number of nitrogens with zero attached hydrogens (tertiary/aromatic N) is 2. The van der Waals surface area contributed by atoms with Crippen molar-refractivity contribution in [3.8, 4) is 34.6 Å². The molecule has 4 heterocycles. The summed E-state index contributed by atoms with van der Waals surface area (Å²) in [5.74, 6) is 7.00. The molecule has 2 aliphatic rings. The smallest absolute Gasteiger partial charge is 0.279 e. The van der Waals surface area contributed by atoms with Crippen molar-refractivity contribution in [3.63, 3.8) is 0 Å².